The zero-order valence-corrected chi connectivity index (χ0v) is 10.9. The number of anilines is 1. The van der Waals surface area contributed by atoms with E-state index >= 15 is 0 Å². The maximum Gasteiger partial charge on any atom is 0.229 e. The second-order valence-corrected chi connectivity index (χ2v) is 4.53. The lowest BCUT2D eigenvalue weighted by molar-refractivity contribution is -0.122. The molecule has 4 nitrogen and oxygen atoms in total. The van der Waals surface area contributed by atoms with Crippen LogP contribution in [0.2, 0.25) is 0 Å². The third-order valence-corrected chi connectivity index (χ3v) is 3.16. The summed E-state index contributed by atoms with van der Waals surface area (Å²) < 4.78 is 5.39. The van der Waals surface area contributed by atoms with E-state index in [4.69, 9.17) is 4.74 Å². The molecule has 4 heteroatoms. The van der Waals surface area contributed by atoms with Gasteiger partial charge in [0.25, 0.3) is 0 Å². The first kappa shape index (κ1) is 12.9. The summed E-state index contributed by atoms with van der Waals surface area (Å²) >= 11 is 0. The molecule has 0 bridgehead atoms. The Balaban J connectivity index is 1.91. The van der Waals surface area contributed by atoms with Gasteiger partial charge in [0.1, 0.15) is 0 Å². The molecule has 0 aromatic heterocycles. The third-order valence-electron chi connectivity index (χ3n) is 3.16. The van der Waals surface area contributed by atoms with Crippen molar-refractivity contribution in [1.82, 2.24) is 5.32 Å². The first-order valence-corrected chi connectivity index (χ1v) is 6.44. The standard InChI is InChI=1S/C14H20N2O2/c1-3-18-10(2)8-16-14(17)12-9-15-13-7-5-4-6-11(12)13/h4-7,10,12,15H,3,8-9H2,1-2H3,(H,16,17). The molecular weight excluding hydrogens is 228 g/mol. The van der Waals surface area contributed by atoms with E-state index in [0.29, 0.717) is 19.7 Å². The molecule has 0 aliphatic carbocycles. The van der Waals surface area contributed by atoms with Gasteiger partial charge in [-0.05, 0) is 25.5 Å². The van der Waals surface area contributed by atoms with Crippen LogP contribution < -0.4 is 10.6 Å². The molecule has 1 heterocycles. The molecule has 0 saturated heterocycles. The van der Waals surface area contributed by atoms with Crippen LogP contribution in [0.4, 0.5) is 5.69 Å². The number of fused-ring (bicyclic) bond motifs is 1. The summed E-state index contributed by atoms with van der Waals surface area (Å²) in [6.45, 7) is 5.82. The van der Waals surface area contributed by atoms with Crippen LogP contribution in [0, 0.1) is 0 Å². The van der Waals surface area contributed by atoms with Crippen LogP contribution in [-0.2, 0) is 9.53 Å². The van der Waals surface area contributed by atoms with Gasteiger partial charge in [-0.1, -0.05) is 18.2 Å². The Labute approximate surface area is 108 Å². The van der Waals surface area contributed by atoms with Gasteiger partial charge >= 0.3 is 0 Å². The number of ether oxygens (including phenoxy) is 1. The molecule has 18 heavy (non-hydrogen) atoms. The van der Waals surface area contributed by atoms with Crippen LogP contribution in [0.3, 0.4) is 0 Å². The molecule has 2 rings (SSSR count). The Morgan fingerprint density at radius 2 is 2.33 bits per heavy atom. The van der Waals surface area contributed by atoms with E-state index in [2.05, 4.69) is 10.6 Å². The summed E-state index contributed by atoms with van der Waals surface area (Å²) in [7, 11) is 0. The minimum Gasteiger partial charge on any atom is -0.384 e. The Kier molecular flexibility index (Phi) is 4.20. The number of carbonyl (C=O) groups excluding carboxylic acids is 1. The zero-order valence-electron chi connectivity index (χ0n) is 10.9. The van der Waals surface area contributed by atoms with Crippen LogP contribution in [0.5, 0.6) is 0 Å². The number of amides is 1. The highest BCUT2D eigenvalue weighted by Gasteiger charge is 2.27. The van der Waals surface area contributed by atoms with Gasteiger partial charge in [-0.15, -0.1) is 0 Å². The smallest absolute Gasteiger partial charge is 0.229 e. The predicted molar refractivity (Wildman–Crippen MR) is 71.8 cm³/mol. The maximum absolute atomic E-state index is 12.1. The van der Waals surface area contributed by atoms with Crippen molar-refractivity contribution in [3.05, 3.63) is 29.8 Å². The van der Waals surface area contributed by atoms with E-state index in [0.717, 1.165) is 11.3 Å². The lowest BCUT2D eigenvalue weighted by Gasteiger charge is -2.15. The molecule has 2 unspecified atom stereocenters. The lowest BCUT2D eigenvalue weighted by atomic mass is 10.0. The molecular formula is C14H20N2O2. The molecule has 1 aliphatic rings. The predicted octanol–water partition coefficient (Wildman–Crippen LogP) is 1.74. The van der Waals surface area contributed by atoms with Crippen molar-refractivity contribution in [3.8, 4) is 0 Å². The fourth-order valence-corrected chi connectivity index (χ4v) is 2.23. The van der Waals surface area contributed by atoms with Crippen LogP contribution in [-0.4, -0.2) is 31.7 Å². The van der Waals surface area contributed by atoms with E-state index in [1.54, 1.807) is 0 Å². The first-order chi connectivity index (χ1) is 8.72. The van der Waals surface area contributed by atoms with Gasteiger partial charge in [-0.2, -0.15) is 0 Å². The highest BCUT2D eigenvalue weighted by atomic mass is 16.5. The quantitative estimate of drug-likeness (QED) is 0.834. The van der Waals surface area contributed by atoms with Gasteiger partial charge < -0.3 is 15.4 Å². The number of para-hydroxylation sites is 1. The lowest BCUT2D eigenvalue weighted by Crippen LogP contribution is -2.36. The Morgan fingerprint density at radius 3 is 3.11 bits per heavy atom. The average Bonchev–Trinajstić information content (AvgIpc) is 2.80. The highest BCUT2D eigenvalue weighted by Crippen LogP contribution is 2.30. The largest absolute Gasteiger partial charge is 0.384 e. The molecule has 0 fully saturated rings. The van der Waals surface area contributed by atoms with Gasteiger partial charge in [-0.25, -0.2) is 0 Å². The molecule has 2 N–H and O–H groups in total. The van der Waals surface area contributed by atoms with Gasteiger partial charge in [0, 0.05) is 25.4 Å². The molecule has 0 saturated carbocycles. The van der Waals surface area contributed by atoms with E-state index in [1.165, 1.54) is 0 Å². The molecule has 1 aliphatic heterocycles. The Bertz CT molecular complexity index is 420. The summed E-state index contributed by atoms with van der Waals surface area (Å²) in [6.07, 6.45) is 0.0588. The fraction of sp³-hybridized carbons (Fsp3) is 0.500. The molecule has 1 aromatic carbocycles. The second kappa shape index (κ2) is 5.87. The van der Waals surface area contributed by atoms with E-state index in [9.17, 15) is 4.79 Å². The molecule has 0 radical (unpaired) electrons. The van der Waals surface area contributed by atoms with Gasteiger partial charge in [-0.3, -0.25) is 4.79 Å². The number of benzene rings is 1. The van der Waals surface area contributed by atoms with E-state index in [1.807, 2.05) is 38.1 Å². The minimum atomic E-state index is -0.0879. The van der Waals surface area contributed by atoms with Crippen molar-refractivity contribution >= 4 is 11.6 Å². The molecule has 1 aromatic rings. The summed E-state index contributed by atoms with van der Waals surface area (Å²) in [5.41, 5.74) is 2.15. The van der Waals surface area contributed by atoms with Crippen molar-refractivity contribution in [3.63, 3.8) is 0 Å². The van der Waals surface area contributed by atoms with Crippen molar-refractivity contribution < 1.29 is 9.53 Å². The van der Waals surface area contributed by atoms with Crippen molar-refractivity contribution in [1.29, 1.82) is 0 Å². The summed E-state index contributed by atoms with van der Waals surface area (Å²) in [5.74, 6) is -0.0194. The van der Waals surface area contributed by atoms with Crippen LogP contribution >= 0.6 is 0 Å². The molecule has 1 amide bonds. The van der Waals surface area contributed by atoms with E-state index in [-0.39, 0.29) is 17.9 Å². The highest BCUT2D eigenvalue weighted by molar-refractivity contribution is 5.88. The summed E-state index contributed by atoms with van der Waals surface area (Å²) in [6, 6.07) is 7.95. The Morgan fingerprint density at radius 1 is 1.56 bits per heavy atom. The molecule has 0 spiro atoms. The Hall–Kier alpha value is -1.55. The second-order valence-electron chi connectivity index (χ2n) is 4.53. The van der Waals surface area contributed by atoms with Gasteiger partial charge in [0.05, 0.1) is 12.0 Å². The van der Waals surface area contributed by atoms with Crippen LogP contribution in [0.1, 0.15) is 25.3 Å². The number of nitrogens with one attached hydrogen (secondary N) is 2. The van der Waals surface area contributed by atoms with E-state index < -0.39 is 0 Å². The zero-order chi connectivity index (χ0) is 13.0. The number of hydrogen-bond donors (Lipinski definition) is 2. The SMILES string of the molecule is CCOC(C)CNC(=O)C1CNc2ccccc21. The van der Waals surface area contributed by atoms with Crippen molar-refractivity contribution in [2.75, 3.05) is 25.0 Å². The topological polar surface area (TPSA) is 50.4 Å². The monoisotopic (exact) mass is 248 g/mol. The fourth-order valence-electron chi connectivity index (χ4n) is 2.23. The van der Waals surface area contributed by atoms with Crippen molar-refractivity contribution in [2.45, 2.75) is 25.9 Å². The van der Waals surface area contributed by atoms with Crippen molar-refractivity contribution in [2.24, 2.45) is 0 Å². The molecule has 2 atom stereocenters. The summed E-state index contributed by atoms with van der Waals surface area (Å²) in [5, 5.41) is 6.20. The number of carbonyl (C=O) groups is 1. The number of rotatable bonds is 5. The third kappa shape index (κ3) is 2.82. The number of hydrogen-bond acceptors (Lipinski definition) is 3. The van der Waals surface area contributed by atoms with Crippen LogP contribution in [0.25, 0.3) is 0 Å². The summed E-state index contributed by atoms with van der Waals surface area (Å²) in [4.78, 5) is 12.1. The maximum atomic E-state index is 12.1. The molecule has 98 valence electrons. The average molecular weight is 248 g/mol. The first-order valence-electron chi connectivity index (χ1n) is 6.44. The normalized spacial score (nSPS) is 18.9. The van der Waals surface area contributed by atoms with Gasteiger partial charge in [0.2, 0.25) is 5.91 Å². The minimum absolute atomic E-state index is 0.0588. The van der Waals surface area contributed by atoms with Crippen LogP contribution in [0.15, 0.2) is 24.3 Å². The van der Waals surface area contributed by atoms with Gasteiger partial charge in [0.15, 0.2) is 0 Å².